The monoisotopic (exact) mass is 456 g/mol. The van der Waals surface area contributed by atoms with Crippen LogP contribution in [0.5, 0.6) is 11.5 Å². The number of rotatable bonds is 5. The maximum atomic E-state index is 13.1. The van der Waals surface area contributed by atoms with Gasteiger partial charge in [-0.05, 0) is 31.2 Å². The molecule has 2 aromatic carbocycles. The van der Waals surface area contributed by atoms with Crippen molar-refractivity contribution in [1.29, 1.82) is 0 Å². The number of piperazine rings is 1. The Kier molecular flexibility index (Phi) is 5.58. The van der Waals surface area contributed by atoms with Crippen LogP contribution < -0.4 is 9.47 Å². The Labute approximate surface area is 186 Å². The Morgan fingerprint density at radius 3 is 2.38 bits per heavy atom. The first-order valence-electron chi connectivity index (χ1n) is 10.5. The van der Waals surface area contributed by atoms with Gasteiger partial charge in [-0.1, -0.05) is 17.7 Å². The zero-order chi connectivity index (χ0) is 22.1. The molecule has 1 saturated heterocycles. The van der Waals surface area contributed by atoms with Crippen molar-refractivity contribution in [2.24, 2.45) is 0 Å². The summed E-state index contributed by atoms with van der Waals surface area (Å²) in [5, 5.41) is 8.29. The fraction of sp³-hybridized carbons (Fsp3) is 0.364. The maximum Gasteiger partial charge on any atom is 0.247 e. The summed E-state index contributed by atoms with van der Waals surface area (Å²) < 4.78 is 44.5. The van der Waals surface area contributed by atoms with E-state index in [0.29, 0.717) is 69.2 Å². The van der Waals surface area contributed by atoms with Gasteiger partial charge in [-0.25, -0.2) is 8.42 Å². The smallest absolute Gasteiger partial charge is 0.247 e. The van der Waals surface area contributed by atoms with Crippen LogP contribution in [0.4, 0.5) is 0 Å². The van der Waals surface area contributed by atoms with E-state index < -0.39 is 10.0 Å². The standard InChI is InChI=1S/C22H24N4O5S/c1-16-2-4-17(5-3-16)22-24-23-21(31-22)15-25-8-10-26(11-9-25)32(27,28)18-6-7-19-20(14-18)30-13-12-29-19/h2-7,14H,8-13,15H2,1H3. The minimum atomic E-state index is -3.61. The van der Waals surface area contributed by atoms with E-state index in [1.807, 2.05) is 31.2 Å². The average molecular weight is 457 g/mol. The third kappa shape index (κ3) is 4.21. The van der Waals surface area contributed by atoms with E-state index in [-0.39, 0.29) is 4.90 Å². The molecule has 3 heterocycles. The number of hydrogen-bond donors (Lipinski definition) is 0. The van der Waals surface area contributed by atoms with Crippen LogP contribution in [0.3, 0.4) is 0 Å². The van der Waals surface area contributed by atoms with Crippen LogP contribution in [0.25, 0.3) is 11.5 Å². The molecule has 0 bridgehead atoms. The Morgan fingerprint density at radius 1 is 0.906 bits per heavy atom. The van der Waals surface area contributed by atoms with Gasteiger partial charge in [-0.15, -0.1) is 10.2 Å². The largest absolute Gasteiger partial charge is 0.486 e. The van der Waals surface area contributed by atoms with Crippen LogP contribution in [0.1, 0.15) is 11.5 Å². The van der Waals surface area contributed by atoms with Gasteiger partial charge in [0.2, 0.25) is 21.8 Å². The van der Waals surface area contributed by atoms with Crippen molar-refractivity contribution in [2.45, 2.75) is 18.4 Å². The van der Waals surface area contributed by atoms with Gasteiger partial charge >= 0.3 is 0 Å². The minimum absolute atomic E-state index is 0.217. The molecule has 0 spiro atoms. The molecular formula is C22H24N4O5S. The zero-order valence-corrected chi connectivity index (χ0v) is 18.5. The fourth-order valence-corrected chi connectivity index (χ4v) is 5.22. The van der Waals surface area contributed by atoms with Crippen molar-refractivity contribution in [3.63, 3.8) is 0 Å². The van der Waals surface area contributed by atoms with Crippen molar-refractivity contribution in [3.05, 3.63) is 53.9 Å². The number of nitrogens with zero attached hydrogens (tertiary/aromatic N) is 4. The highest BCUT2D eigenvalue weighted by Crippen LogP contribution is 2.33. The molecule has 0 amide bonds. The summed E-state index contributed by atoms with van der Waals surface area (Å²) in [4.78, 5) is 2.33. The van der Waals surface area contributed by atoms with Crippen LogP contribution in [0.15, 0.2) is 51.8 Å². The summed E-state index contributed by atoms with van der Waals surface area (Å²) >= 11 is 0. The van der Waals surface area contributed by atoms with Crippen LogP contribution >= 0.6 is 0 Å². The Balaban J connectivity index is 1.21. The minimum Gasteiger partial charge on any atom is -0.486 e. The van der Waals surface area contributed by atoms with Gasteiger partial charge in [0.1, 0.15) is 13.2 Å². The van der Waals surface area contributed by atoms with Gasteiger partial charge < -0.3 is 13.9 Å². The normalized spacial score (nSPS) is 17.4. The predicted octanol–water partition coefficient (Wildman–Crippen LogP) is 2.32. The third-order valence-electron chi connectivity index (χ3n) is 5.61. The number of ether oxygens (including phenoxy) is 2. The molecule has 0 radical (unpaired) electrons. The Bertz CT molecular complexity index is 1200. The van der Waals surface area contributed by atoms with Crippen molar-refractivity contribution in [3.8, 4) is 23.0 Å². The molecule has 10 heteroatoms. The molecule has 0 saturated carbocycles. The van der Waals surface area contributed by atoms with E-state index in [4.69, 9.17) is 13.9 Å². The van der Waals surface area contributed by atoms with E-state index >= 15 is 0 Å². The molecule has 3 aromatic rings. The van der Waals surface area contributed by atoms with Crippen LogP contribution in [-0.2, 0) is 16.6 Å². The second-order valence-corrected chi connectivity index (χ2v) is 9.79. The number of aromatic nitrogens is 2. The Hall–Kier alpha value is -2.95. The van der Waals surface area contributed by atoms with Crippen LogP contribution in [0.2, 0.25) is 0 Å². The lowest BCUT2D eigenvalue weighted by atomic mass is 10.1. The molecule has 5 rings (SSSR count). The van der Waals surface area contributed by atoms with Crippen LogP contribution in [-0.4, -0.2) is 67.2 Å². The van der Waals surface area contributed by atoms with Gasteiger partial charge in [0, 0.05) is 37.8 Å². The van der Waals surface area contributed by atoms with Crippen molar-refractivity contribution >= 4 is 10.0 Å². The fourth-order valence-electron chi connectivity index (χ4n) is 3.78. The van der Waals surface area contributed by atoms with Gasteiger partial charge in [0.15, 0.2) is 11.5 Å². The number of aryl methyl sites for hydroxylation is 1. The first-order chi connectivity index (χ1) is 15.5. The lowest BCUT2D eigenvalue weighted by molar-refractivity contribution is 0.167. The number of benzene rings is 2. The summed E-state index contributed by atoms with van der Waals surface area (Å²) in [5.74, 6) is 2.05. The summed E-state index contributed by atoms with van der Waals surface area (Å²) in [6, 6.07) is 12.7. The molecule has 0 unspecified atom stereocenters. The molecule has 2 aliphatic heterocycles. The Morgan fingerprint density at radius 2 is 1.62 bits per heavy atom. The van der Waals surface area contributed by atoms with Gasteiger partial charge in [0.05, 0.1) is 11.4 Å². The first-order valence-corrected chi connectivity index (χ1v) is 11.9. The molecule has 1 aromatic heterocycles. The van der Waals surface area contributed by atoms with E-state index in [1.165, 1.54) is 4.31 Å². The quantitative estimate of drug-likeness (QED) is 0.577. The molecule has 0 atom stereocenters. The first kappa shape index (κ1) is 20.9. The van der Waals surface area contributed by atoms with Crippen molar-refractivity contribution in [2.75, 3.05) is 39.4 Å². The van der Waals surface area contributed by atoms with E-state index in [0.717, 1.165) is 11.1 Å². The highest BCUT2D eigenvalue weighted by Gasteiger charge is 2.30. The molecule has 1 fully saturated rings. The summed E-state index contributed by atoms with van der Waals surface area (Å²) in [6.07, 6.45) is 0. The van der Waals surface area contributed by atoms with Gasteiger partial charge in [0.25, 0.3) is 0 Å². The number of sulfonamides is 1. The summed E-state index contributed by atoms with van der Waals surface area (Å²) in [5.41, 5.74) is 2.04. The van der Waals surface area contributed by atoms with Crippen LogP contribution in [0, 0.1) is 6.92 Å². The average Bonchev–Trinajstić information content (AvgIpc) is 3.28. The highest BCUT2D eigenvalue weighted by atomic mass is 32.2. The second-order valence-electron chi connectivity index (χ2n) is 7.85. The third-order valence-corrected chi connectivity index (χ3v) is 7.50. The molecule has 2 aliphatic rings. The maximum absolute atomic E-state index is 13.1. The predicted molar refractivity (Wildman–Crippen MR) is 116 cm³/mol. The number of fused-ring (bicyclic) bond motifs is 1. The summed E-state index contributed by atoms with van der Waals surface area (Å²) in [7, 11) is -3.61. The van der Waals surface area contributed by atoms with Crippen molar-refractivity contribution < 1.29 is 22.3 Å². The SMILES string of the molecule is Cc1ccc(-c2nnc(CN3CCN(S(=O)(=O)c4ccc5c(c4)OCCO5)CC3)o2)cc1. The van der Waals surface area contributed by atoms with E-state index in [9.17, 15) is 8.42 Å². The molecule has 168 valence electrons. The lowest BCUT2D eigenvalue weighted by Gasteiger charge is -2.33. The molecular weight excluding hydrogens is 432 g/mol. The second kappa shape index (κ2) is 8.53. The van der Waals surface area contributed by atoms with Gasteiger partial charge in [-0.3, -0.25) is 4.90 Å². The number of hydrogen-bond acceptors (Lipinski definition) is 8. The summed E-state index contributed by atoms with van der Waals surface area (Å²) in [6.45, 7) is 5.31. The van der Waals surface area contributed by atoms with E-state index in [2.05, 4.69) is 15.1 Å². The molecule has 9 nitrogen and oxygen atoms in total. The molecule has 0 aliphatic carbocycles. The van der Waals surface area contributed by atoms with E-state index in [1.54, 1.807) is 18.2 Å². The lowest BCUT2D eigenvalue weighted by Crippen LogP contribution is -2.48. The molecule has 0 N–H and O–H groups in total. The van der Waals surface area contributed by atoms with Crippen molar-refractivity contribution in [1.82, 2.24) is 19.4 Å². The van der Waals surface area contributed by atoms with Gasteiger partial charge in [-0.2, -0.15) is 4.31 Å². The molecule has 32 heavy (non-hydrogen) atoms. The zero-order valence-electron chi connectivity index (χ0n) is 17.7. The highest BCUT2D eigenvalue weighted by molar-refractivity contribution is 7.89. The topological polar surface area (TPSA) is 98.0 Å².